The van der Waals surface area contributed by atoms with Crippen LogP contribution in [-0.2, 0) is 23.7 Å². The van der Waals surface area contributed by atoms with E-state index >= 15 is 0 Å². The van der Waals surface area contributed by atoms with E-state index in [-0.39, 0.29) is 22.1 Å². The molecule has 0 aliphatic carbocycles. The lowest BCUT2D eigenvalue weighted by molar-refractivity contribution is -0.120. The molecule has 2 aromatic rings. The number of carbonyl (C=O) groups is 1. The highest BCUT2D eigenvalue weighted by Crippen LogP contribution is 2.26. The molecule has 0 spiro atoms. The van der Waals surface area contributed by atoms with Crippen molar-refractivity contribution in [1.29, 1.82) is 0 Å². The van der Waals surface area contributed by atoms with E-state index in [0.717, 1.165) is 30.5 Å². The van der Waals surface area contributed by atoms with Gasteiger partial charge in [0.2, 0.25) is 5.91 Å². The van der Waals surface area contributed by atoms with Crippen LogP contribution in [0.1, 0.15) is 83.2 Å². The van der Waals surface area contributed by atoms with Crippen LogP contribution in [0.5, 0.6) is 0 Å². The Labute approximate surface area is 203 Å². The molecule has 0 saturated carbocycles. The van der Waals surface area contributed by atoms with Gasteiger partial charge in [-0.15, -0.1) is 0 Å². The lowest BCUT2D eigenvalue weighted by Gasteiger charge is -2.19. The zero-order chi connectivity index (χ0) is 24.8. The van der Waals surface area contributed by atoms with Crippen molar-refractivity contribution in [3.8, 4) is 0 Å². The van der Waals surface area contributed by atoms with Crippen LogP contribution in [0.15, 0.2) is 34.2 Å². The Morgan fingerprint density at radius 3 is 2.33 bits per heavy atom. The smallest absolute Gasteiger partial charge is 0.257 e. The maximum Gasteiger partial charge on any atom is 0.257 e. The molecule has 6 heteroatoms. The third-order valence-corrected chi connectivity index (χ3v) is 7.17. The fourth-order valence-electron chi connectivity index (χ4n) is 3.60. The summed E-state index contributed by atoms with van der Waals surface area (Å²) in [7, 11) is 1.75. The molecule has 1 heterocycles. The van der Waals surface area contributed by atoms with Crippen LogP contribution in [0.3, 0.4) is 0 Å². The van der Waals surface area contributed by atoms with Crippen LogP contribution in [0.2, 0.25) is 0 Å². The molecule has 1 N–H and O–H groups in total. The quantitative estimate of drug-likeness (QED) is 0.372. The van der Waals surface area contributed by atoms with Crippen molar-refractivity contribution in [2.24, 2.45) is 13.0 Å². The van der Waals surface area contributed by atoms with Gasteiger partial charge in [-0.25, -0.2) is 4.98 Å². The van der Waals surface area contributed by atoms with E-state index in [1.807, 2.05) is 6.92 Å². The summed E-state index contributed by atoms with van der Waals surface area (Å²) in [5.74, 6) is 0.572. The number of amides is 1. The van der Waals surface area contributed by atoms with Gasteiger partial charge in [-0.2, -0.15) is 0 Å². The number of hydrogen-bond donors (Lipinski definition) is 1. The van der Waals surface area contributed by atoms with Gasteiger partial charge < -0.3 is 5.32 Å². The number of benzene rings is 1. The molecular formula is C27H41N3O2S. The van der Waals surface area contributed by atoms with Crippen molar-refractivity contribution in [1.82, 2.24) is 14.9 Å². The van der Waals surface area contributed by atoms with E-state index in [1.54, 1.807) is 11.6 Å². The third-order valence-electron chi connectivity index (χ3n) is 5.86. The largest absolute Gasteiger partial charge is 0.355 e. The molecule has 5 nitrogen and oxygen atoms in total. The summed E-state index contributed by atoms with van der Waals surface area (Å²) < 4.78 is 1.60. The van der Waals surface area contributed by atoms with Crippen molar-refractivity contribution in [3.63, 3.8) is 0 Å². The van der Waals surface area contributed by atoms with Crippen molar-refractivity contribution >= 4 is 17.7 Å². The van der Waals surface area contributed by atoms with Gasteiger partial charge in [0.05, 0.1) is 5.25 Å². The minimum absolute atomic E-state index is 0.0254. The van der Waals surface area contributed by atoms with E-state index in [9.17, 15) is 9.59 Å². The number of aromatic nitrogens is 2. The zero-order valence-corrected chi connectivity index (χ0v) is 22.4. The molecule has 0 aliphatic rings. The van der Waals surface area contributed by atoms with Gasteiger partial charge in [0.15, 0.2) is 5.16 Å². The van der Waals surface area contributed by atoms with Crippen molar-refractivity contribution in [3.05, 3.63) is 57.0 Å². The molecule has 33 heavy (non-hydrogen) atoms. The summed E-state index contributed by atoms with van der Waals surface area (Å²) in [5, 5.41) is 3.40. The van der Waals surface area contributed by atoms with Crippen molar-refractivity contribution in [2.45, 2.75) is 90.0 Å². The summed E-state index contributed by atoms with van der Waals surface area (Å²) in [6.45, 7) is 15.5. The molecule has 0 aliphatic heterocycles. The van der Waals surface area contributed by atoms with Gasteiger partial charge in [0.25, 0.3) is 5.56 Å². The van der Waals surface area contributed by atoms with Crippen molar-refractivity contribution in [2.75, 3.05) is 6.54 Å². The summed E-state index contributed by atoms with van der Waals surface area (Å²) in [6.07, 6.45) is 3.14. The standard InChI is InChI=1S/C27H41N3O2S/c1-9-10-23(24(31)28-16-15-18(2)3)33-26-29-19(4)22(25(32)30(26)8)17-20-11-13-21(14-12-20)27(5,6)7/h11-14,18,23H,9-10,15-17H2,1-8H3,(H,28,31). The highest BCUT2D eigenvalue weighted by Gasteiger charge is 2.22. The summed E-state index contributed by atoms with van der Waals surface area (Å²) in [5.41, 5.74) is 3.87. The number of nitrogens with one attached hydrogen (secondary N) is 1. The maximum absolute atomic E-state index is 13.2. The lowest BCUT2D eigenvalue weighted by Crippen LogP contribution is -2.35. The molecule has 1 amide bonds. The Hall–Kier alpha value is -2.08. The topological polar surface area (TPSA) is 64.0 Å². The molecule has 0 saturated heterocycles. The molecular weight excluding hydrogens is 430 g/mol. The van der Waals surface area contributed by atoms with Gasteiger partial charge in [-0.3, -0.25) is 14.2 Å². The zero-order valence-electron chi connectivity index (χ0n) is 21.6. The van der Waals surface area contributed by atoms with Crippen LogP contribution in [0.4, 0.5) is 0 Å². The predicted molar refractivity (Wildman–Crippen MR) is 139 cm³/mol. The second-order valence-corrected chi connectivity index (χ2v) is 11.5. The fourth-order valence-corrected chi connectivity index (χ4v) is 4.83. The van der Waals surface area contributed by atoms with E-state index in [1.165, 1.54) is 17.3 Å². The Balaban J connectivity index is 2.22. The van der Waals surface area contributed by atoms with Gasteiger partial charge in [0.1, 0.15) is 0 Å². The lowest BCUT2D eigenvalue weighted by atomic mass is 9.86. The van der Waals surface area contributed by atoms with Crippen LogP contribution in [0, 0.1) is 12.8 Å². The Morgan fingerprint density at radius 1 is 1.15 bits per heavy atom. The number of carbonyl (C=O) groups excluding carboxylic acids is 1. The maximum atomic E-state index is 13.2. The highest BCUT2D eigenvalue weighted by molar-refractivity contribution is 8.00. The number of nitrogens with zero attached hydrogens (tertiary/aromatic N) is 2. The number of aryl methyl sites for hydroxylation is 1. The second kappa shape index (κ2) is 11.9. The van der Waals surface area contributed by atoms with Gasteiger partial charge in [-0.1, -0.05) is 84.0 Å². The molecule has 0 fully saturated rings. The van der Waals surface area contributed by atoms with E-state index in [0.29, 0.717) is 29.6 Å². The number of thioether (sulfide) groups is 1. The van der Waals surface area contributed by atoms with Crippen LogP contribution in [0.25, 0.3) is 0 Å². The first-order valence-corrected chi connectivity index (χ1v) is 12.9. The first kappa shape index (κ1) is 27.2. The molecule has 1 atom stereocenters. The Bertz CT molecular complexity index is 988. The molecule has 1 aromatic heterocycles. The van der Waals surface area contributed by atoms with Gasteiger partial charge >= 0.3 is 0 Å². The second-order valence-electron chi connectivity index (χ2n) is 10.3. The summed E-state index contributed by atoms with van der Waals surface area (Å²) in [4.78, 5) is 30.7. The minimum atomic E-state index is -0.254. The third kappa shape index (κ3) is 7.73. The Kier molecular flexibility index (Phi) is 9.77. The molecule has 2 rings (SSSR count). The summed E-state index contributed by atoms with van der Waals surface area (Å²) >= 11 is 1.39. The first-order chi connectivity index (χ1) is 15.4. The average Bonchev–Trinajstić information content (AvgIpc) is 2.73. The predicted octanol–water partition coefficient (Wildman–Crippen LogP) is 5.40. The van der Waals surface area contributed by atoms with Crippen LogP contribution in [-0.4, -0.2) is 27.3 Å². The number of hydrogen-bond acceptors (Lipinski definition) is 4. The van der Waals surface area contributed by atoms with Gasteiger partial charge in [0, 0.05) is 31.3 Å². The molecule has 1 aromatic carbocycles. The van der Waals surface area contributed by atoms with Crippen molar-refractivity contribution < 1.29 is 4.79 Å². The number of rotatable bonds is 10. The highest BCUT2D eigenvalue weighted by atomic mass is 32.2. The fraction of sp³-hybridized carbons (Fsp3) is 0.593. The van der Waals surface area contributed by atoms with Crippen LogP contribution < -0.4 is 10.9 Å². The molecule has 0 bridgehead atoms. The summed E-state index contributed by atoms with van der Waals surface area (Å²) in [6, 6.07) is 8.47. The molecule has 1 unspecified atom stereocenters. The first-order valence-electron chi connectivity index (χ1n) is 12.0. The minimum Gasteiger partial charge on any atom is -0.355 e. The van der Waals surface area contributed by atoms with Crippen LogP contribution >= 0.6 is 11.8 Å². The molecule has 0 radical (unpaired) electrons. The molecule has 182 valence electrons. The van der Waals surface area contributed by atoms with E-state index < -0.39 is 0 Å². The monoisotopic (exact) mass is 471 g/mol. The SMILES string of the molecule is CCCC(Sc1nc(C)c(Cc2ccc(C(C)(C)C)cc2)c(=O)n1C)C(=O)NCCC(C)C. The average molecular weight is 472 g/mol. The normalized spacial score (nSPS) is 12.8. The van der Waals surface area contributed by atoms with Gasteiger partial charge in [-0.05, 0) is 42.2 Å². The van der Waals surface area contributed by atoms with E-state index in [4.69, 9.17) is 4.98 Å². The van der Waals surface area contributed by atoms with E-state index in [2.05, 4.69) is 71.1 Å². The Morgan fingerprint density at radius 2 is 1.79 bits per heavy atom.